The fraction of sp³-hybridized carbons (Fsp3) is 0.938. The first kappa shape index (κ1) is 14.7. The van der Waals surface area contributed by atoms with Crippen LogP contribution in [0.25, 0.3) is 0 Å². The Morgan fingerprint density at radius 3 is 2.26 bits per heavy atom. The number of nitrogens with one attached hydrogen (secondary N) is 2. The number of hydrogen-bond acceptors (Lipinski definition) is 1. The highest BCUT2D eigenvalue weighted by Gasteiger charge is 2.42. The molecule has 0 radical (unpaired) electrons. The molecule has 5 atom stereocenters. The highest BCUT2D eigenvalue weighted by atomic mass is 16.2. The van der Waals surface area contributed by atoms with Gasteiger partial charge in [0.05, 0.1) is 0 Å². The van der Waals surface area contributed by atoms with E-state index in [1.54, 1.807) is 0 Å². The van der Waals surface area contributed by atoms with Gasteiger partial charge in [-0.15, -0.1) is 0 Å². The van der Waals surface area contributed by atoms with Gasteiger partial charge in [-0.25, -0.2) is 4.79 Å². The van der Waals surface area contributed by atoms with Crippen molar-refractivity contribution in [1.82, 2.24) is 10.6 Å². The van der Waals surface area contributed by atoms with Gasteiger partial charge >= 0.3 is 6.03 Å². The van der Waals surface area contributed by atoms with Crippen molar-refractivity contribution in [2.45, 2.75) is 72.4 Å². The Morgan fingerprint density at radius 2 is 1.79 bits per heavy atom. The molecule has 0 unspecified atom stereocenters. The number of carbonyl (C=O) groups is 1. The summed E-state index contributed by atoms with van der Waals surface area (Å²) in [4.78, 5) is 12.1. The first-order valence-corrected chi connectivity index (χ1v) is 7.84. The van der Waals surface area contributed by atoms with Gasteiger partial charge in [-0.1, -0.05) is 27.2 Å². The minimum absolute atomic E-state index is 0.00213. The van der Waals surface area contributed by atoms with Gasteiger partial charge in [0.1, 0.15) is 0 Å². The molecule has 0 aromatic rings. The quantitative estimate of drug-likeness (QED) is 0.806. The fourth-order valence-electron chi connectivity index (χ4n) is 3.67. The van der Waals surface area contributed by atoms with Crippen molar-refractivity contribution >= 4 is 6.03 Å². The molecular weight excluding hydrogens is 236 g/mol. The first-order valence-electron chi connectivity index (χ1n) is 7.84. The molecule has 19 heavy (non-hydrogen) atoms. The van der Waals surface area contributed by atoms with E-state index in [-0.39, 0.29) is 17.5 Å². The summed E-state index contributed by atoms with van der Waals surface area (Å²) in [7, 11) is 0. The highest BCUT2D eigenvalue weighted by Crippen LogP contribution is 2.49. The first-order chi connectivity index (χ1) is 8.77. The van der Waals surface area contributed by atoms with Crippen molar-refractivity contribution in [3.05, 3.63) is 0 Å². The number of fused-ring (bicyclic) bond motifs is 2. The number of amides is 2. The molecule has 0 aliphatic heterocycles. The minimum atomic E-state index is -0.00213. The van der Waals surface area contributed by atoms with Gasteiger partial charge < -0.3 is 10.6 Å². The van der Waals surface area contributed by atoms with Crippen LogP contribution in [0.5, 0.6) is 0 Å². The van der Waals surface area contributed by atoms with Crippen LogP contribution in [0.1, 0.15) is 60.3 Å². The van der Waals surface area contributed by atoms with Crippen LogP contribution in [0.2, 0.25) is 0 Å². The van der Waals surface area contributed by atoms with Gasteiger partial charge in [0.15, 0.2) is 0 Å². The molecule has 0 aromatic carbocycles. The number of rotatable bonds is 3. The van der Waals surface area contributed by atoms with Gasteiger partial charge in [-0.2, -0.15) is 0 Å². The summed E-state index contributed by atoms with van der Waals surface area (Å²) in [6.07, 6.45) is 5.51. The molecule has 2 fully saturated rings. The molecular formula is C16H30N2O. The van der Waals surface area contributed by atoms with Gasteiger partial charge in [0, 0.05) is 12.1 Å². The molecule has 3 nitrogen and oxygen atoms in total. The molecule has 0 heterocycles. The Kier molecular flexibility index (Phi) is 4.12. The van der Waals surface area contributed by atoms with Crippen LogP contribution >= 0.6 is 0 Å². The van der Waals surface area contributed by atoms with Gasteiger partial charge in [0.25, 0.3) is 0 Å². The van der Waals surface area contributed by atoms with Crippen LogP contribution in [0, 0.1) is 23.2 Å². The summed E-state index contributed by atoms with van der Waals surface area (Å²) in [6.45, 7) is 10.7. The second kappa shape index (κ2) is 5.34. The summed E-state index contributed by atoms with van der Waals surface area (Å²) >= 11 is 0. The molecule has 0 aromatic heterocycles. The third kappa shape index (κ3) is 3.43. The van der Waals surface area contributed by atoms with E-state index < -0.39 is 0 Å². The maximum absolute atomic E-state index is 12.1. The van der Waals surface area contributed by atoms with E-state index in [0.717, 1.165) is 11.8 Å². The maximum atomic E-state index is 12.1. The van der Waals surface area contributed by atoms with E-state index in [1.807, 2.05) is 0 Å². The normalized spacial score (nSPS) is 33.0. The van der Waals surface area contributed by atoms with Crippen molar-refractivity contribution in [2.24, 2.45) is 23.2 Å². The van der Waals surface area contributed by atoms with Crippen LogP contribution in [-0.2, 0) is 0 Å². The van der Waals surface area contributed by atoms with Crippen molar-refractivity contribution < 1.29 is 4.79 Å². The molecule has 2 aliphatic carbocycles. The van der Waals surface area contributed by atoms with Crippen LogP contribution < -0.4 is 10.6 Å². The van der Waals surface area contributed by atoms with E-state index in [1.165, 1.54) is 25.7 Å². The van der Waals surface area contributed by atoms with Crippen LogP contribution in [0.4, 0.5) is 4.79 Å². The smallest absolute Gasteiger partial charge is 0.315 e. The van der Waals surface area contributed by atoms with Crippen molar-refractivity contribution in [1.29, 1.82) is 0 Å². The Morgan fingerprint density at radius 1 is 1.11 bits per heavy atom. The van der Waals surface area contributed by atoms with Crippen molar-refractivity contribution in [3.8, 4) is 0 Å². The summed E-state index contributed by atoms with van der Waals surface area (Å²) in [5.74, 6) is 2.51. The molecule has 2 bridgehead atoms. The predicted molar refractivity (Wildman–Crippen MR) is 79.0 cm³/mol. The second-order valence-corrected chi connectivity index (χ2v) is 7.83. The highest BCUT2D eigenvalue weighted by molar-refractivity contribution is 5.74. The number of urea groups is 1. The van der Waals surface area contributed by atoms with E-state index in [9.17, 15) is 4.79 Å². The topological polar surface area (TPSA) is 41.1 Å². The van der Waals surface area contributed by atoms with E-state index in [2.05, 4.69) is 45.3 Å². The van der Waals surface area contributed by atoms with Crippen LogP contribution in [0.15, 0.2) is 0 Å². The average Bonchev–Trinajstić information content (AvgIpc) is 2.88. The zero-order valence-corrected chi connectivity index (χ0v) is 13.1. The Bertz CT molecular complexity index is 334. The SMILES string of the molecule is C[C@H](NC(=O)N[C@@H](C)C(C)(C)C)[C@@H]1C[C@H]2CC[C@H]1C2. The number of hydrogen-bond donors (Lipinski definition) is 2. The zero-order chi connectivity index (χ0) is 14.2. The lowest BCUT2D eigenvalue weighted by Gasteiger charge is -2.31. The third-order valence-electron chi connectivity index (χ3n) is 5.44. The largest absolute Gasteiger partial charge is 0.335 e. The molecule has 2 saturated carbocycles. The summed E-state index contributed by atoms with van der Waals surface area (Å²) < 4.78 is 0. The predicted octanol–water partition coefficient (Wildman–Crippen LogP) is 3.54. The molecule has 110 valence electrons. The lowest BCUT2D eigenvalue weighted by atomic mass is 9.84. The average molecular weight is 266 g/mol. The van der Waals surface area contributed by atoms with E-state index in [0.29, 0.717) is 12.0 Å². The summed E-state index contributed by atoms with van der Waals surface area (Å²) in [5, 5.41) is 6.23. The van der Waals surface area contributed by atoms with Crippen molar-refractivity contribution in [3.63, 3.8) is 0 Å². The molecule has 0 saturated heterocycles. The standard InChI is InChI=1S/C16H30N2O/c1-10(14-9-12-6-7-13(14)8-12)17-15(19)18-11(2)16(3,4)5/h10-14H,6-9H2,1-5H3,(H2,17,18,19)/t10-,11-,12-,13-,14-/m0/s1. The fourth-order valence-corrected chi connectivity index (χ4v) is 3.67. The van der Waals surface area contributed by atoms with Crippen LogP contribution in [-0.4, -0.2) is 18.1 Å². The molecule has 2 amide bonds. The second-order valence-electron chi connectivity index (χ2n) is 7.83. The monoisotopic (exact) mass is 266 g/mol. The Balaban J connectivity index is 1.79. The Labute approximate surface area is 117 Å². The summed E-state index contributed by atoms with van der Waals surface area (Å²) in [6, 6.07) is 0.486. The molecule has 0 spiro atoms. The lowest BCUT2D eigenvalue weighted by molar-refractivity contribution is 0.206. The summed E-state index contributed by atoms with van der Waals surface area (Å²) in [5.41, 5.74) is 0.104. The zero-order valence-electron chi connectivity index (χ0n) is 13.1. The maximum Gasteiger partial charge on any atom is 0.315 e. The van der Waals surface area contributed by atoms with E-state index >= 15 is 0 Å². The Hall–Kier alpha value is -0.730. The van der Waals surface area contributed by atoms with Gasteiger partial charge in [-0.05, 0) is 56.3 Å². The van der Waals surface area contributed by atoms with Crippen LogP contribution in [0.3, 0.4) is 0 Å². The molecule has 2 aliphatic rings. The lowest BCUT2D eigenvalue weighted by Crippen LogP contribution is -2.50. The van der Waals surface area contributed by atoms with Crippen molar-refractivity contribution in [2.75, 3.05) is 0 Å². The minimum Gasteiger partial charge on any atom is -0.335 e. The van der Waals surface area contributed by atoms with Gasteiger partial charge in [-0.3, -0.25) is 0 Å². The molecule has 2 N–H and O–H groups in total. The molecule has 3 heteroatoms. The van der Waals surface area contributed by atoms with Gasteiger partial charge in [0.2, 0.25) is 0 Å². The van der Waals surface area contributed by atoms with E-state index in [4.69, 9.17) is 0 Å². The third-order valence-corrected chi connectivity index (χ3v) is 5.44. The molecule has 2 rings (SSSR count). The number of carbonyl (C=O) groups excluding carboxylic acids is 1.